The monoisotopic (exact) mass is 919 g/mol. The molecule has 4 aliphatic rings. The van der Waals surface area contributed by atoms with Gasteiger partial charge >= 0.3 is 0 Å². The summed E-state index contributed by atoms with van der Waals surface area (Å²) < 4.78 is 41.6. The number of amides is 1. The van der Waals surface area contributed by atoms with Gasteiger partial charge in [0.25, 0.3) is 21.6 Å². The van der Waals surface area contributed by atoms with E-state index in [4.69, 9.17) is 21.1 Å². The van der Waals surface area contributed by atoms with Crippen molar-refractivity contribution in [2.45, 2.75) is 42.4 Å². The molecule has 16 heteroatoms. The molecule has 4 aromatic carbocycles. The number of sulfonamides is 1. The summed E-state index contributed by atoms with van der Waals surface area (Å²) in [5.41, 5.74) is 3.83. The van der Waals surface area contributed by atoms with E-state index in [1.54, 1.807) is 30.5 Å². The predicted molar refractivity (Wildman–Crippen MR) is 254 cm³/mol. The number of fused-ring (bicyclic) bond motifs is 1. The van der Waals surface area contributed by atoms with Crippen molar-refractivity contribution in [3.63, 3.8) is 0 Å². The maximum Gasteiger partial charge on any atom is 0.293 e. The summed E-state index contributed by atoms with van der Waals surface area (Å²) in [5.74, 6) is -0.0214. The molecule has 14 nitrogen and oxygen atoms in total. The Kier molecular flexibility index (Phi) is 13.3. The number of rotatable bonds is 15. The summed E-state index contributed by atoms with van der Waals surface area (Å²) >= 11 is 6.35. The van der Waals surface area contributed by atoms with Gasteiger partial charge in [-0.1, -0.05) is 48.0 Å². The average Bonchev–Trinajstić information content (AvgIpc) is 4.03. The third kappa shape index (κ3) is 10.2. The third-order valence-electron chi connectivity index (χ3n) is 13.2. The molecule has 4 heterocycles. The molecule has 3 saturated heterocycles. The van der Waals surface area contributed by atoms with Gasteiger partial charge < -0.3 is 24.7 Å². The normalized spacial score (nSPS) is 19.9. The topological polar surface area (TPSA) is 162 Å². The lowest BCUT2D eigenvalue weighted by atomic mass is 9.73. The van der Waals surface area contributed by atoms with E-state index in [0.29, 0.717) is 43.6 Å². The van der Waals surface area contributed by atoms with Crippen molar-refractivity contribution in [1.29, 1.82) is 0 Å². The largest absolute Gasteiger partial charge is 0.456 e. The number of ether oxygens (including phenoxy) is 2. The maximum atomic E-state index is 14.0. The van der Waals surface area contributed by atoms with E-state index in [1.165, 1.54) is 36.1 Å². The molecule has 1 unspecified atom stereocenters. The highest BCUT2D eigenvalue weighted by atomic mass is 35.5. The molecule has 1 aromatic heterocycles. The fraction of sp³-hybridized carbons (Fsp3) is 0.367. The average molecular weight is 921 g/mol. The fourth-order valence-electron chi connectivity index (χ4n) is 9.46. The molecule has 3 fully saturated rings. The summed E-state index contributed by atoms with van der Waals surface area (Å²) in [6.07, 6.45) is 14.0. The number of nitro benzene ring substituents is 1. The number of anilines is 2. The van der Waals surface area contributed by atoms with Gasteiger partial charge in [-0.25, -0.2) is 13.1 Å². The van der Waals surface area contributed by atoms with Gasteiger partial charge in [0.05, 0.1) is 15.4 Å². The lowest BCUT2D eigenvalue weighted by Gasteiger charge is -2.42. The Morgan fingerprint density at radius 2 is 1.71 bits per heavy atom. The van der Waals surface area contributed by atoms with E-state index < -0.39 is 31.4 Å². The second-order valence-corrected chi connectivity index (χ2v) is 19.6. The van der Waals surface area contributed by atoms with Gasteiger partial charge in [-0.05, 0) is 117 Å². The van der Waals surface area contributed by atoms with Crippen molar-refractivity contribution in [3.8, 4) is 11.5 Å². The van der Waals surface area contributed by atoms with Crippen LogP contribution >= 0.6 is 11.6 Å². The van der Waals surface area contributed by atoms with Crippen molar-refractivity contribution in [3.05, 3.63) is 141 Å². The standard InChI is InChI=1S/C49H54ClN7O7S/c50-38-8-6-37(7-9-38)49(19-14-36(15-20-49)33-54-22-1-2-23-54)34-55-24-26-56(27-25-55)39-10-12-42(47(30-39)64-46-5-3-4-43-41(46)16-21-51-43)48(58)53-65(61,62)40-11-13-44(45(31-40)57(59)60)52-32-35-17-28-63-29-18-35/h3-16,19,21,30-31,35,51-52H,1-2,17-18,20,22-29,32-34H2,(H,53,58). The molecule has 3 N–H and O–H groups in total. The van der Waals surface area contributed by atoms with Gasteiger partial charge in [-0.15, -0.1) is 0 Å². The molecule has 0 spiro atoms. The van der Waals surface area contributed by atoms with E-state index in [9.17, 15) is 23.3 Å². The second kappa shape index (κ2) is 19.4. The van der Waals surface area contributed by atoms with Crippen LogP contribution in [0.2, 0.25) is 5.02 Å². The van der Waals surface area contributed by atoms with E-state index in [-0.39, 0.29) is 28.3 Å². The number of nitrogens with one attached hydrogen (secondary N) is 3. The van der Waals surface area contributed by atoms with E-state index in [2.05, 4.69) is 60.1 Å². The predicted octanol–water partition coefficient (Wildman–Crippen LogP) is 8.52. The number of halogens is 1. The van der Waals surface area contributed by atoms with Crippen molar-refractivity contribution in [2.24, 2.45) is 5.92 Å². The molecule has 65 heavy (non-hydrogen) atoms. The molecule has 0 bridgehead atoms. The van der Waals surface area contributed by atoms with Crippen LogP contribution in [-0.4, -0.2) is 106 Å². The highest BCUT2D eigenvalue weighted by Gasteiger charge is 2.35. The number of nitro groups is 1. The van der Waals surface area contributed by atoms with Crippen LogP contribution in [0.15, 0.2) is 120 Å². The molecule has 0 radical (unpaired) electrons. The lowest BCUT2D eigenvalue weighted by molar-refractivity contribution is -0.384. The Morgan fingerprint density at radius 1 is 0.923 bits per heavy atom. The first-order valence-electron chi connectivity index (χ1n) is 22.4. The summed E-state index contributed by atoms with van der Waals surface area (Å²) in [6, 6.07) is 24.4. The Morgan fingerprint density at radius 3 is 2.45 bits per heavy atom. The SMILES string of the molecule is O=C(NS(=O)(=O)c1ccc(NCC2CCOCC2)c([N+](=O)[O-])c1)c1ccc(N2CCN(CC3(c4ccc(Cl)cc4)C=CC(CN4CCCC4)=CC3)CC2)cc1Oc1cccc2[nH]ccc12. The quantitative estimate of drug-likeness (QED) is 0.0682. The lowest BCUT2D eigenvalue weighted by Crippen LogP contribution is -2.51. The first-order valence-corrected chi connectivity index (χ1v) is 24.3. The zero-order valence-corrected chi connectivity index (χ0v) is 37.8. The number of likely N-dealkylation sites (tertiary alicyclic amines) is 1. The molecule has 9 rings (SSSR count). The highest BCUT2D eigenvalue weighted by molar-refractivity contribution is 7.90. The van der Waals surface area contributed by atoms with E-state index in [1.807, 2.05) is 30.3 Å². The molecular formula is C49H54ClN7O7S. The van der Waals surface area contributed by atoms with Gasteiger partial charge in [0.2, 0.25) is 0 Å². The highest BCUT2D eigenvalue weighted by Crippen LogP contribution is 2.38. The zero-order valence-electron chi connectivity index (χ0n) is 36.2. The number of piperazine rings is 1. The first kappa shape index (κ1) is 44.5. The number of H-pyrrole nitrogens is 1. The molecule has 0 saturated carbocycles. The number of aromatic nitrogens is 1. The number of benzene rings is 4. The first-order chi connectivity index (χ1) is 31.5. The molecule has 1 atom stereocenters. The third-order valence-corrected chi connectivity index (χ3v) is 14.8. The molecule has 3 aliphatic heterocycles. The Labute approximate surface area is 384 Å². The van der Waals surface area contributed by atoms with Gasteiger partial charge in [-0.2, -0.15) is 0 Å². The van der Waals surface area contributed by atoms with Crippen LogP contribution in [0.3, 0.4) is 0 Å². The molecule has 1 aliphatic carbocycles. The minimum atomic E-state index is -4.56. The van der Waals surface area contributed by atoms with Crippen LogP contribution in [0.1, 0.15) is 48.0 Å². The summed E-state index contributed by atoms with van der Waals surface area (Å²) in [7, 11) is -4.56. The summed E-state index contributed by atoms with van der Waals surface area (Å²) in [4.78, 5) is 35.6. The number of hydrogen-bond donors (Lipinski definition) is 3. The van der Waals surface area contributed by atoms with Crippen molar-refractivity contribution < 1.29 is 27.6 Å². The maximum absolute atomic E-state index is 14.0. The molecular weight excluding hydrogens is 866 g/mol. The Balaban J connectivity index is 0.925. The van der Waals surface area contributed by atoms with Crippen LogP contribution in [-0.2, 0) is 20.2 Å². The van der Waals surface area contributed by atoms with Crippen LogP contribution in [0.5, 0.6) is 11.5 Å². The zero-order chi connectivity index (χ0) is 45.0. The number of carbonyl (C=O) groups excluding carboxylic acids is 1. The molecule has 340 valence electrons. The number of allylic oxidation sites excluding steroid dienone is 1. The van der Waals surface area contributed by atoms with Crippen LogP contribution in [0, 0.1) is 16.0 Å². The van der Waals surface area contributed by atoms with Crippen molar-refractivity contribution >= 4 is 55.5 Å². The fourth-order valence-corrected chi connectivity index (χ4v) is 10.6. The van der Waals surface area contributed by atoms with Crippen LogP contribution < -0.4 is 19.7 Å². The van der Waals surface area contributed by atoms with Crippen molar-refractivity contribution in [2.75, 3.05) is 82.3 Å². The second-order valence-electron chi connectivity index (χ2n) is 17.5. The Hall–Kier alpha value is -5.71. The molecule has 5 aromatic rings. The summed E-state index contributed by atoms with van der Waals surface area (Å²) in [6.45, 7) is 8.90. The van der Waals surface area contributed by atoms with Gasteiger partial charge in [0.1, 0.15) is 17.2 Å². The number of aromatic amines is 1. The number of nitrogens with zero attached hydrogens (tertiary/aromatic N) is 4. The van der Waals surface area contributed by atoms with E-state index in [0.717, 1.165) is 81.2 Å². The number of carbonyl (C=O) groups is 1. The van der Waals surface area contributed by atoms with Gasteiger partial charge in [0, 0.05) is 104 Å². The molecule has 1 amide bonds. The number of hydrogen-bond acceptors (Lipinski definition) is 11. The van der Waals surface area contributed by atoms with Gasteiger partial charge in [0.15, 0.2) is 0 Å². The smallest absolute Gasteiger partial charge is 0.293 e. The van der Waals surface area contributed by atoms with Gasteiger partial charge in [-0.3, -0.25) is 24.7 Å². The van der Waals surface area contributed by atoms with Crippen LogP contribution in [0.25, 0.3) is 10.9 Å². The summed E-state index contributed by atoms with van der Waals surface area (Å²) in [5, 5.41) is 16.7. The van der Waals surface area contributed by atoms with Crippen LogP contribution in [0.4, 0.5) is 17.1 Å². The minimum absolute atomic E-state index is 0.0149. The van der Waals surface area contributed by atoms with Crippen molar-refractivity contribution in [1.82, 2.24) is 19.5 Å². The minimum Gasteiger partial charge on any atom is -0.456 e. The van der Waals surface area contributed by atoms with E-state index >= 15 is 0 Å². The Bertz CT molecular complexity index is 2700.